The lowest BCUT2D eigenvalue weighted by Crippen LogP contribution is -2.44. The van der Waals surface area contributed by atoms with Crippen LogP contribution >= 0.6 is 0 Å². The molecule has 0 aromatic rings. The van der Waals surface area contributed by atoms with Crippen LogP contribution in [0, 0.1) is 17.8 Å². The van der Waals surface area contributed by atoms with Gasteiger partial charge in [-0.15, -0.1) is 0 Å². The molecule has 0 aliphatic carbocycles. The maximum absolute atomic E-state index is 12.7. The average molecular weight is 623 g/mol. The molecule has 252 valence electrons. The van der Waals surface area contributed by atoms with Gasteiger partial charge in [0.25, 0.3) is 0 Å². The van der Waals surface area contributed by atoms with Gasteiger partial charge in [-0.05, 0) is 84.2 Å². The van der Waals surface area contributed by atoms with Crippen LogP contribution in [0.3, 0.4) is 0 Å². The van der Waals surface area contributed by atoms with Gasteiger partial charge in [0.15, 0.2) is 6.10 Å². The van der Waals surface area contributed by atoms with Crippen LogP contribution in [0.1, 0.15) is 80.1 Å². The number of alkyl carbamates (subject to hydrolysis) is 1. The summed E-state index contributed by atoms with van der Waals surface area (Å²) in [5, 5.41) is 34.6. The molecule has 4 N–H and O–H groups in total. The number of hydrogen-bond acceptors (Lipinski definition) is 9. The Labute approximate surface area is 264 Å². The van der Waals surface area contributed by atoms with E-state index >= 15 is 0 Å². The Kier molecular flexibility index (Phi) is 15.6. The smallest absolute Gasteiger partial charge is 0.407 e. The zero-order valence-corrected chi connectivity index (χ0v) is 28.1. The summed E-state index contributed by atoms with van der Waals surface area (Å²) in [7, 11) is 3.92. The largest absolute Gasteiger partial charge is 0.457 e. The number of allylic oxidation sites excluding steroid dienone is 3. The molecule has 1 amide bonds. The first-order chi connectivity index (χ1) is 20.6. The number of nitrogens with zero attached hydrogens (tertiary/aromatic N) is 1. The Morgan fingerprint density at radius 3 is 2.66 bits per heavy atom. The number of amides is 1. The summed E-state index contributed by atoms with van der Waals surface area (Å²) < 4.78 is 17.3. The molecule has 0 bridgehead atoms. The molecule has 10 atom stereocenters. The van der Waals surface area contributed by atoms with Crippen LogP contribution in [0.5, 0.6) is 0 Å². The number of epoxide rings is 1. The SMILES string of the molecule is CCC(O)C(C)C1OC1CC(C)C=CC=C(C)C1OC(=O)CC(O)CCC(C)(O)C(OC(=O)NCCCN(C)C)C=CC1C. The summed E-state index contributed by atoms with van der Waals surface area (Å²) in [5.41, 5.74) is -0.648. The average Bonchev–Trinajstić information content (AvgIpc) is 3.72. The predicted octanol–water partition coefficient (Wildman–Crippen LogP) is 4.14. The van der Waals surface area contributed by atoms with Crippen molar-refractivity contribution in [1.29, 1.82) is 0 Å². The Morgan fingerprint density at radius 1 is 1.30 bits per heavy atom. The van der Waals surface area contributed by atoms with Gasteiger partial charge in [0, 0.05) is 18.4 Å². The van der Waals surface area contributed by atoms with Gasteiger partial charge in [-0.1, -0.05) is 52.0 Å². The molecule has 2 aliphatic heterocycles. The minimum absolute atomic E-state index is 0.0967. The second kappa shape index (κ2) is 18.0. The van der Waals surface area contributed by atoms with E-state index in [0.717, 1.165) is 25.0 Å². The molecule has 0 aromatic heterocycles. The van der Waals surface area contributed by atoms with Gasteiger partial charge in [0.05, 0.1) is 30.8 Å². The fourth-order valence-electron chi connectivity index (χ4n) is 5.53. The number of cyclic esters (lactones) is 1. The van der Waals surface area contributed by atoms with E-state index in [1.807, 2.05) is 58.8 Å². The second-order valence-corrected chi connectivity index (χ2v) is 13.3. The summed E-state index contributed by atoms with van der Waals surface area (Å²) in [6.07, 6.45) is 8.45. The van der Waals surface area contributed by atoms with Crippen molar-refractivity contribution < 1.29 is 39.1 Å². The molecular formula is C34H58N2O8. The van der Waals surface area contributed by atoms with Gasteiger partial charge < -0.3 is 39.7 Å². The normalized spacial score (nSPS) is 32.4. The molecule has 1 saturated heterocycles. The van der Waals surface area contributed by atoms with Crippen LogP contribution in [-0.4, -0.2) is 102 Å². The predicted molar refractivity (Wildman–Crippen MR) is 171 cm³/mol. The Hall–Kier alpha value is -2.24. The first-order valence-electron chi connectivity index (χ1n) is 16.2. The minimum atomic E-state index is -1.46. The van der Waals surface area contributed by atoms with Crippen molar-refractivity contribution in [2.24, 2.45) is 17.8 Å². The highest BCUT2D eigenvalue weighted by atomic mass is 16.6. The Balaban J connectivity index is 2.12. The number of carbonyl (C=O) groups excluding carboxylic acids is 2. The van der Waals surface area contributed by atoms with Gasteiger partial charge in [-0.3, -0.25) is 4.79 Å². The minimum Gasteiger partial charge on any atom is -0.457 e. The van der Waals surface area contributed by atoms with Crippen molar-refractivity contribution in [2.45, 2.75) is 122 Å². The molecule has 1 fully saturated rings. The molecule has 10 nitrogen and oxygen atoms in total. The fourth-order valence-corrected chi connectivity index (χ4v) is 5.53. The molecule has 44 heavy (non-hydrogen) atoms. The molecule has 0 saturated carbocycles. The molecule has 2 heterocycles. The lowest BCUT2D eigenvalue weighted by atomic mass is 9.88. The maximum Gasteiger partial charge on any atom is 0.407 e. The molecule has 0 aromatic carbocycles. The third-order valence-corrected chi connectivity index (χ3v) is 8.63. The van der Waals surface area contributed by atoms with Gasteiger partial charge in [-0.25, -0.2) is 4.79 Å². The van der Waals surface area contributed by atoms with E-state index in [-0.39, 0.29) is 55.3 Å². The van der Waals surface area contributed by atoms with Crippen molar-refractivity contribution in [3.63, 3.8) is 0 Å². The highest BCUT2D eigenvalue weighted by molar-refractivity contribution is 5.70. The van der Waals surface area contributed by atoms with E-state index in [0.29, 0.717) is 13.0 Å². The lowest BCUT2D eigenvalue weighted by Gasteiger charge is -2.32. The second-order valence-electron chi connectivity index (χ2n) is 13.3. The van der Waals surface area contributed by atoms with Crippen LogP contribution in [0.2, 0.25) is 0 Å². The Morgan fingerprint density at radius 2 is 2.00 bits per heavy atom. The summed E-state index contributed by atoms with van der Waals surface area (Å²) >= 11 is 0. The van der Waals surface area contributed by atoms with Crippen LogP contribution in [-0.2, 0) is 19.0 Å². The van der Waals surface area contributed by atoms with Crippen molar-refractivity contribution in [1.82, 2.24) is 10.2 Å². The first kappa shape index (κ1) is 37.9. The number of aliphatic hydroxyl groups is 3. The number of ether oxygens (including phenoxy) is 3. The molecule has 0 spiro atoms. The highest BCUT2D eigenvalue weighted by Crippen LogP contribution is 2.36. The third kappa shape index (κ3) is 13.0. The summed E-state index contributed by atoms with van der Waals surface area (Å²) in [5.74, 6) is -0.461. The van der Waals surface area contributed by atoms with Crippen molar-refractivity contribution in [3.8, 4) is 0 Å². The highest BCUT2D eigenvalue weighted by Gasteiger charge is 2.45. The fraction of sp³-hybridized carbons (Fsp3) is 0.765. The van der Waals surface area contributed by atoms with E-state index < -0.39 is 36.0 Å². The summed E-state index contributed by atoms with van der Waals surface area (Å²) in [4.78, 5) is 27.3. The number of nitrogens with one attached hydrogen (secondary N) is 1. The van der Waals surface area contributed by atoms with E-state index in [1.54, 1.807) is 19.1 Å². The standard InChI is InChI=1S/C34H58N2O8/c1-9-27(38)25(5)32-28(42-32)20-22(2)12-10-13-23(3)31-24(4)14-15-29(43-33(40)35-18-11-19-36(7)8)34(6,41)17-16-26(37)21-30(39)44-31/h10,12-15,22,24-29,31-32,37-38,41H,9,11,16-21H2,1-8H3,(H,35,40). The number of aliphatic hydroxyl groups excluding tert-OH is 2. The van der Waals surface area contributed by atoms with E-state index in [2.05, 4.69) is 18.3 Å². The quantitative estimate of drug-likeness (QED) is 0.0784. The third-order valence-electron chi connectivity index (χ3n) is 8.63. The topological polar surface area (TPSA) is 141 Å². The van der Waals surface area contributed by atoms with E-state index in [4.69, 9.17) is 14.2 Å². The van der Waals surface area contributed by atoms with E-state index in [1.165, 1.54) is 0 Å². The van der Waals surface area contributed by atoms with Crippen molar-refractivity contribution >= 4 is 12.1 Å². The Bertz CT molecular complexity index is 994. The first-order valence-corrected chi connectivity index (χ1v) is 16.2. The van der Waals surface area contributed by atoms with E-state index in [9.17, 15) is 24.9 Å². The number of rotatable bonds is 13. The monoisotopic (exact) mass is 622 g/mol. The van der Waals surface area contributed by atoms with Gasteiger partial charge in [-0.2, -0.15) is 0 Å². The van der Waals surface area contributed by atoms with Crippen LogP contribution in [0.15, 0.2) is 36.0 Å². The number of hydrogen-bond donors (Lipinski definition) is 4. The molecular weight excluding hydrogens is 564 g/mol. The molecule has 10 heteroatoms. The molecule has 2 aliphatic rings. The zero-order chi connectivity index (χ0) is 33.0. The van der Waals surface area contributed by atoms with Gasteiger partial charge in [0.2, 0.25) is 0 Å². The van der Waals surface area contributed by atoms with Crippen LogP contribution < -0.4 is 5.32 Å². The van der Waals surface area contributed by atoms with Crippen molar-refractivity contribution in [3.05, 3.63) is 36.0 Å². The van der Waals surface area contributed by atoms with Gasteiger partial charge in [0.1, 0.15) is 11.7 Å². The number of esters is 1. The van der Waals surface area contributed by atoms with Crippen LogP contribution in [0.25, 0.3) is 0 Å². The van der Waals surface area contributed by atoms with Crippen molar-refractivity contribution in [2.75, 3.05) is 27.2 Å². The molecule has 0 radical (unpaired) electrons. The van der Waals surface area contributed by atoms with Crippen LogP contribution in [0.4, 0.5) is 4.79 Å². The molecule has 10 unspecified atom stereocenters. The number of carbonyl (C=O) groups is 2. The van der Waals surface area contributed by atoms with Gasteiger partial charge >= 0.3 is 12.1 Å². The summed E-state index contributed by atoms with van der Waals surface area (Å²) in [6, 6.07) is 0. The zero-order valence-electron chi connectivity index (χ0n) is 28.1. The maximum atomic E-state index is 12.7. The summed E-state index contributed by atoms with van der Waals surface area (Å²) in [6.45, 7) is 12.7. The molecule has 2 rings (SSSR count). The lowest BCUT2D eigenvalue weighted by molar-refractivity contribution is -0.151.